The third-order valence-corrected chi connectivity index (χ3v) is 7.66. The maximum absolute atomic E-state index is 13.5. The standard InChI is InChI=1S/C21H18ClNO3S/c1-12-4-9-20(14(3)13(12)2)27(25,26)21-19(24)11-17-7-5-15-10-16(22)6-8-18(15)23(17)21/h4-11,21H,1-3H3. The van der Waals surface area contributed by atoms with Crippen molar-refractivity contribution >= 4 is 39.0 Å². The van der Waals surface area contributed by atoms with Crippen LogP contribution in [-0.4, -0.2) is 19.6 Å². The second-order valence-electron chi connectivity index (χ2n) is 6.91. The fourth-order valence-corrected chi connectivity index (χ4v) is 5.79. The van der Waals surface area contributed by atoms with E-state index in [0.717, 1.165) is 16.7 Å². The predicted octanol–water partition coefficient (Wildman–Crippen LogP) is 4.37. The summed E-state index contributed by atoms with van der Waals surface area (Å²) in [5.74, 6) is -0.435. The first-order valence-corrected chi connectivity index (χ1v) is 10.5. The summed E-state index contributed by atoms with van der Waals surface area (Å²) >= 11 is 6.07. The highest BCUT2D eigenvalue weighted by molar-refractivity contribution is 7.93. The summed E-state index contributed by atoms with van der Waals surface area (Å²) in [6.07, 6.45) is 4.99. The van der Waals surface area contributed by atoms with Crippen molar-refractivity contribution in [3.8, 4) is 0 Å². The average molecular weight is 400 g/mol. The third kappa shape index (κ3) is 2.65. The third-order valence-electron chi connectivity index (χ3n) is 5.34. The molecule has 0 saturated heterocycles. The highest BCUT2D eigenvalue weighted by Crippen LogP contribution is 2.40. The Morgan fingerprint density at radius 2 is 1.74 bits per heavy atom. The number of benzene rings is 2. The number of carbonyl (C=O) groups excluding carboxylic acids is 1. The number of anilines is 1. The molecule has 1 unspecified atom stereocenters. The number of allylic oxidation sites excluding steroid dienone is 1. The van der Waals surface area contributed by atoms with Crippen molar-refractivity contribution in [2.45, 2.75) is 31.0 Å². The van der Waals surface area contributed by atoms with Crippen molar-refractivity contribution in [1.29, 1.82) is 0 Å². The fraction of sp³-hybridized carbons (Fsp3) is 0.190. The Morgan fingerprint density at radius 3 is 2.48 bits per heavy atom. The SMILES string of the molecule is Cc1ccc(S(=O)(=O)C2C(=O)C=C3C=Cc4cc(Cl)ccc4N32)c(C)c1C. The molecule has 0 aliphatic carbocycles. The highest BCUT2D eigenvalue weighted by atomic mass is 35.5. The number of halogens is 1. The first-order valence-electron chi connectivity index (χ1n) is 8.55. The van der Waals surface area contributed by atoms with Gasteiger partial charge in [-0.2, -0.15) is 0 Å². The zero-order valence-electron chi connectivity index (χ0n) is 15.2. The van der Waals surface area contributed by atoms with Crippen LogP contribution in [0.25, 0.3) is 6.08 Å². The van der Waals surface area contributed by atoms with Crippen LogP contribution in [-0.2, 0) is 14.6 Å². The Hall–Kier alpha value is -2.37. The van der Waals surface area contributed by atoms with Crippen LogP contribution >= 0.6 is 11.6 Å². The molecule has 2 heterocycles. The van der Waals surface area contributed by atoms with Gasteiger partial charge in [-0.1, -0.05) is 23.7 Å². The molecular weight excluding hydrogens is 382 g/mol. The summed E-state index contributed by atoms with van der Waals surface area (Å²) in [5.41, 5.74) is 4.63. The number of hydrogen-bond donors (Lipinski definition) is 0. The molecule has 0 radical (unpaired) electrons. The summed E-state index contributed by atoms with van der Waals surface area (Å²) in [6, 6.07) is 8.60. The zero-order chi connectivity index (χ0) is 19.5. The van der Waals surface area contributed by atoms with Gasteiger partial charge in [-0.05, 0) is 73.4 Å². The van der Waals surface area contributed by atoms with E-state index in [1.165, 1.54) is 6.08 Å². The van der Waals surface area contributed by atoms with Gasteiger partial charge in [0.2, 0.25) is 15.2 Å². The van der Waals surface area contributed by atoms with E-state index in [-0.39, 0.29) is 4.90 Å². The van der Waals surface area contributed by atoms with E-state index in [0.29, 0.717) is 22.0 Å². The van der Waals surface area contributed by atoms with Gasteiger partial charge in [-0.25, -0.2) is 8.42 Å². The molecule has 0 fully saturated rings. The van der Waals surface area contributed by atoms with E-state index in [4.69, 9.17) is 11.6 Å². The Labute approximate surface area is 163 Å². The van der Waals surface area contributed by atoms with Gasteiger partial charge in [-0.15, -0.1) is 0 Å². The lowest BCUT2D eigenvalue weighted by Gasteiger charge is -2.31. The lowest BCUT2D eigenvalue weighted by molar-refractivity contribution is -0.113. The second kappa shape index (κ2) is 6.08. The van der Waals surface area contributed by atoms with Crippen molar-refractivity contribution in [2.24, 2.45) is 0 Å². The van der Waals surface area contributed by atoms with Gasteiger partial charge >= 0.3 is 0 Å². The topological polar surface area (TPSA) is 54.5 Å². The number of aryl methyl sites for hydroxylation is 1. The zero-order valence-corrected chi connectivity index (χ0v) is 16.7. The van der Waals surface area contributed by atoms with E-state index in [1.807, 2.05) is 19.9 Å². The Balaban J connectivity index is 1.89. The first kappa shape index (κ1) is 18.0. The molecule has 0 amide bonds. The Bertz CT molecular complexity index is 1160. The molecule has 4 nitrogen and oxygen atoms in total. The van der Waals surface area contributed by atoms with Crippen LogP contribution in [0, 0.1) is 20.8 Å². The van der Waals surface area contributed by atoms with Crippen LogP contribution in [0.5, 0.6) is 0 Å². The van der Waals surface area contributed by atoms with E-state index in [1.54, 1.807) is 48.2 Å². The molecule has 2 aromatic rings. The van der Waals surface area contributed by atoms with E-state index >= 15 is 0 Å². The largest absolute Gasteiger partial charge is 0.316 e. The molecule has 138 valence electrons. The van der Waals surface area contributed by atoms with Crippen molar-refractivity contribution in [1.82, 2.24) is 0 Å². The number of ketones is 1. The highest BCUT2D eigenvalue weighted by Gasteiger charge is 2.45. The maximum Gasteiger partial charge on any atom is 0.207 e. The minimum atomic E-state index is -3.92. The summed E-state index contributed by atoms with van der Waals surface area (Å²) < 4.78 is 27.0. The Morgan fingerprint density at radius 1 is 1.00 bits per heavy atom. The van der Waals surface area contributed by atoms with Gasteiger partial charge in [0.05, 0.1) is 10.6 Å². The van der Waals surface area contributed by atoms with Gasteiger partial charge in [0.15, 0.2) is 5.78 Å². The molecule has 0 aromatic heterocycles. The van der Waals surface area contributed by atoms with Crippen LogP contribution in [0.4, 0.5) is 5.69 Å². The number of hydrogen-bond acceptors (Lipinski definition) is 4. The quantitative estimate of drug-likeness (QED) is 0.752. The minimum absolute atomic E-state index is 0.198. The number of fused-ring (bicyclic) bond motifs is 3. The van der Waals surface area contributed by atoms with Gasteiger partial charge in [0, 0.05) is 16.8 Å². The first-order chi connectivity index (χ1) is 12.7. The monoisotopic (exact) mass is 399 g/mol. The van der Waals surface area contributed by atoms with Crippen LogP contribution in [0.15, 0.2) is 53.1 Å². The lowest BCUT2D eigenvalue weighted by atomic mass is 10.1. The minimum Gasteiger partial charge on any atom is -0.316 e. The molecule has 2 aliphatic heterocycles. The van der Waals surface area contributed by atoms with Gasteiger partial charge in [-0.3, -0.25) is 4.79 Å². The smallest absolute Gasteiger partial charge is 0.207 e. The summed E-state index contributed by atoms with van der Waals surface area (Å²) in [6.45, 7) is 5.62. The summed E-state index contributed by atoms with van der Waals surface area (Å²) in [5, 5.41) is -0.751. The van der Waals surface area contributed by atoms with Crippen molar-refractivity contribution in [3.63, 3.8) is 0 Å². The molecule has 0 spiro atoms. The van der Waals surface area contributed by atoms with Crippen LogP contribution < -0.4 is 4.90 Å². The van der Waals surface area contributed by atoms with Crippen LogP contribution in [0.2, 0.25) is 5.02 Å². The Kier molecular flexibility index (Phi) is 4.05. The molecular formula is C21H18ClNO3S. The van der Waals surface area contributed by atoms with Gasteiger partial charge in [0.25, 0.3) is 0 Å². The number of carbonyl (C=O) groups is 1. The van der Waals surface area contributed by atoms with Crippen LogP contribution in [0.1, 0.15) is 22.3 Å². The molecule has 1 atom stereocenters. The molecule has 0 N–H and O–H groups in total. The lowest BCUT2D eigenvalue weighted by Crippen LogP contribution is -2.42. The normalized spacial score (nSPS) is 18.4. The average Bonchev–Trinajstić information content (AvgIpc) is 2.96. The van der Waals surface area contributed by atoms with E-state index in [2.05, 4.69) is 0 Å². The maximum atomic E-state index is 13.5. The number of nitrogens with zero attached hydrogens (tertiary/aromatic N) is 1. The number of sulfone groups is 1. The van der Waals surface area contributed by atoms with Crippen molar-refractivity contribution < 1.29 is 13.2 Å². The predicted molar refractivity (Wildman–Crippen MR) is 108 cm³/mol. The van der Waals surface area contributed by atoms with E-state index < -0.39 is 21.0 Å². The van der Waals surface area contributed by atoms with Crippen LogP contribution in [0.3, 0.4) is 0 Å². The molecule has 0 bridgehead atoms. The molecule has 2 aromatic carbocycles. The number of rotatable bonds is 2. The molecule has 4 rings (SSSR count). The fourth-order valence-electron chi connectivity index (χ4n) is 3.65. The van der Waals surface area contributed by atoms with Crippen molar-refractivity contribution in [2.75, 3.05) is 4.90 Å². The summed E-state index contributed by atoms with van der Waals surface area (Å²) in [4.78, 5) is 14.5. The van der Waals surface area contributed by atoms with E-state index in [9.17, 15) is 13.2 Å². The molecule has 6 heteroatoms. The van der Waals surface area contributed by atoms with Gasteiger partial charge in [0.1, 0.15) is 0 Å². The molecule has 2 aliphatic rings. The second-order valence-corrected chi connectivity index (χ2v) is 9.32. The molecule has 27 heavy (non-hydrogen) atoms. The van der Waals surface area contributed by atoms with Crippen molar-refractivity contribution in [3.05, 3.63) is 75.5 Å². The van der Waals surface area contributed by atoms with Gasteiger partial charge < -0.3 is 4.90 Å². The summed E-state index contributed by atoms with van der Waals surface area (Å²) in [7, 11) is -3.92. The molecule has 0 saturated carbocycles.